The van der Waals surface area contributed by atoms with Gasteiger partial charge in [-0.05, 0) is 13.3 Å². The Balaban J connectivity index is 2.27. The maximum absolute atomic E-state index is 11.1. The highest BCUT2D eigenvalue weighted by Crippen LogP contribution is 2.29. The predicted molar refractivity (Wildman–Crippen MR) is 37.4 cm³/mol. The molecule has 3 heteroatoms. The van der Waals surface area contributed by atoms with E-state index in [1.807, 2.05) is 4.90 Å². The van der Waals surface area contributed by atoms with Gasteiger partial charge in [-0.3, -0.25) is 10.1 Å². The minimum absolute atomic E-state index is 0.0110. The summed E-state index contributed by atoms with van der Waals surface area (Å²) in [4.78, 5) is 13.1. The van der Waals surface area contributed by atoms with Crippen molar-refractivity contribution in [1.82, 2.24) is 10.2 Å². The number of hydrogen-bond donors (Lipinski definition) is 1. The number of fused-ring (bicyclic) bond motifs is 1. The second-order valence-electron chi connectivity index (χ2n) is 3.25. The van der Waals surface area contributed by atoms with Crippen LogP contribution in [-0.2, 0) is 4.79 Å². The van der Waals surface area contributed by atoms with Crippen molar-refractivity contribution >= 4 is 5.91 Å². The van der Waals surface area contributed by atoms with E-state index in [1.54, 1.807) is 0 Å². The molecular weight excluding hydrogens is 128 g/mol. The van der Waals surface area contributed by atoms with Crippen LogP contribution in [0.1, 0.15) is 19.8 Å². The summed E-state index contributed by atoms with van der Waals surface area (Å²) in [7, 11) is 0. The molecule has 1 N–H and O–H groups in total. The molecule has 0 saturated carbocycles. The van der Waals surface area contributed by atoms with Crippen molar-refractivity contribution < 1.29 is 4.79 Å². The maximum Gasteiger partial charge on any atom is 0.224 e. The third-order valence-corrected chi connectivity index (χ3v) is 2.56. The zero-order chi connectivity index (χ0) is 7.19. The molecule has 2 fully saturated rings. The second kappa shape index (κ2) is 1.72. The Bertz CT molecular complexity index is 180. The Labute approximate surface area is 60.4 Å². The Morgan fingerprint density at radius 1 is 1.70 bits per heavy atom. The fourth-order valence-corrected chi connectivity index (χ4v) is 1.89. The molecule has 2 saturated heterocycles. The minimum atomic E-state index is 0.0110. The average molecular weight is 140 g/mol. The molecule has 56 valence electrons. The highest BCUT2D eigenvalue weighted by atomic mass is 16.2. The monoisotopic (exact) mass is 140 g/mol. The summed E-state index contributed by atoms with van der Waals surface area (Å²) in [5, 5.41) is 3.33. The predicted octanol–water partition coefficient (Wildman–Crippen LogP) is -0.0718. The molecule has 0 spiro atoms. The van der Waals surface area contributed by atoms with Gasteiger partial charge in [-0.25, -0.2) is 0 Å². The van der Waals surface area contributed by atoms with E-state index in [2.05, 4.69) is 12.2 Å². The SMILES string of the molecule is C[C@]12CCC(=O)N1CCN2. The lowest BCUT2D eigenvalue weighted by molar-refractivity contribution is -0.129. The average Bonchev–Trinajstić information content (AvgIpc) is 2.35. The van der Waals surface area contributed by atoms with Crippen molar-refractivity contribution in [3.63, 3.8) is 0 Å². The van der Waals surface area contributed by atoms with Crippen LogP contribution in [-0.4, -0.2) is 29.6 Å². The smallest absolute Gasteiger partial charge is 0.224 e. The lowest BCUT2D eigenvalue weighted by atomic mass is 10.1. The Morgan fingerprint density at radius 2 is 2.50 bits per heavy atom. The summed E-state index contributed by atoms with van der Waals surface area (Å²) in [6.07, 6.45) is 1.70. The van der Waals surface area contributed by atoms with Gasteiger partial charge in [-0.15, -0.1) is 0 Å². The summed E-state index contributed by atoms with van der Waals surface area (Å²) in [5.41, 5.74) is 0.0110. The third-order valence-electron chi connectivity index (χ3n) is 2.56. The van der Waals surface area contributed by atoms with Crippen LogP contribution in [0.2, 0.25) is 0 Å². The van der Waals surface area contributed by atoms with Crippen LogP contribution in [0.15, 0.2) is 0 Å². The summed E-state index contributed by atoms with van der Waals surface area (Å²) in [6.45, 7) is 3.96. The second-order valence-corrected chi connectivity index (χ2v) is 3.25. The van der Waals surface area contributed by atoms with Gasteiger partial charge in [0.15, 0.2) is 0 Å². The number of amides is 1. The highest BCUT2D eigenvalue weighted by molar-refractivity contribution is 5.79. The number of rotatable bonds is 0. The molecule has 10 heavy (non-hydrogen) atoms. The van der Waals surface area contributed by atoms with E-state index in [4.69, 9.17) is 0 Å². The van der Waals surface area contributed by atoms with Gasteiger partial charge < -0.3 is 4.90 Å². The number of nitrogens with zero attached hydrogens (tertiary/aromatic N) is 1. The molecule has 2 aliphatic rings. The summed E-state index contributed by atoms with van der Waals surface area (Å²) >= 11 is 0. The van der Waals surface area contributed by atoms with Crippen LogP contribution in [0.4, 0.5) is 0 Å². The lowest BCUT2D eigenvalue weighted by Crippen LogP contribution is -2.44. The summed E-state index contributed by atoms with van der Waals surface area (Å²) in [5.74, 6) is 0.313. The van der Waals surface area contributed by atoms with Crippen LogP contribution < -0.4 is 5.32 Å². The molecule has 0 unspecified atom stereocenters. The van der Waals surface area contributed by atoms with Crippen molar-refractivity contribution in [1.29, 1.82) is 0 Å². The van der Waals surface area contributed by atoms with Gasteiger partial charge in [0, 0.05) is 19.5 Å². The highest BCUT2D eigenvalue weighted by Gasteiger charge is 2.44. The number of carbonyl (C=O) groups is 1. The summed E-state index contributed by atoms with van der Waals surface area (Å²) in [6, 6.07) is 0. The van der Waals surface area contributed by atoms with Crippen LogP contribution >= 0.6 is 0 Å². The van der Waals surface area contributed by atoms with E-state index in [9.17, 15) is 4.79 Å². The van der Waals surface area contributed by atoms with Crippen LogP contribution in [0.5, 0.6) is 0 Å². The van der Waals surface area contributed by atoms with Gasteiger partial charge in [0.1, 0.15) is 0 Å². The van der Waals surface area contributed by atoms with Gasteiger partial charge in [0.25, 0.3) is 0 Å². The fourth-order valence-electron chi connectivity index (χ4n) is 1.89. The topological polar surface area (TPSA) is 32.3 Å². The van der Waals surface area contributed by atoms with Gasteiger partial charge in [-0.2, -0.15) is 0 Å². The van der Waals surface area contributed by atoms with Crippen molar-refractivity contribution in [3.05, 3.63) is 0 Å². The molecule has 0 radical (unpaired) electrons. The fraction of sp³-hybridized carbons (Fsp3) is 0.857. The minimum Gasteiger partial charge on any atom is -0.323 e. The first-order chi connectivity index (χ1) is 4.72. The molecule has 0 aromatic heterocycles. The van der Waals surface area contributed by atoms with E-state index >= 15 is 0 Å². The van der Waals surface area contributed by atoms with Gasteiger partial charge in [0.05, 0.1) is 5.66 Å². The summed E-state index contributed by atoms with van der Waals surface area (Å²) < 4.78 is 0. The molecule has 0 aromatic carbocycles. The Hall–Kier alpha value is -0.570. The van der Waals surface area contributed by atoms with Crippen LogP contribution in [0, 0.1) is 0 Å². The van der Waals surface area contributed by atoms with E-state index < -0.39 is 0 Å². The molecule has 1 amide bonds. The van der Waals surface area contributed by atoms with Gasteiger partial charge in [0.2, 0.25) is 5.91 Å². The molecule has 2 rings (SSSR count). The van der Waals surface area contributed by atoms with Crippen molar-refractivity contribution in [2.24, 2.45) is 0 Å². The molecule has 2 heterocycles. The van der Waals surface area contributed by atoms with Crippen molar-refractivity contribution in [2.45, 2.75) is 25.4 Å². The number of carbonyl (C=O) groups excluding carboxylic acids is 1. The standard InChI is InChI=1S/C7H12N2O/c1-7-3-2-6(10)9(7)5-4-8-7/h8H,2-5H2,1H3/t7-/m1/s1. The quantitative estimate of drug-likeness (QED) is 0.510. The molecule has 0 aromatic rings. The molecule has 3 nitrogen and oxygen atoms in total. The molecule has 1 atom stereocenters. The van der Waals surface area contributed by atoms with Crippen molar-refractivity contribution in [3.8, 4) is 0 Å². The first-order valence-electron chi connectivity index (χ1n) is 3.78. The zero-order valence-corrected chi connectivity index (χ0v) is 6.18. The Kier molecular flexibility index (Phi) is 1.06. The van der Waals surface area contributed by atoms with E-state index in [-0.39, 0.29) is 5.66 Å². The maximum atomic E-state index is 11.1. The Morgan fingerprint density at radius 3 is 3.20 bits per heavy atom. The van der Waals surface area contributed by atoms with Crippen LogP contribution in [0.25, 0.3) is 0 Å². The van der Waals surface area contributed by atoms with E-state index in [0.29, 0.717) is 5.91 Å². The van der Waals surface area contributed by atoms with E-state index in [0.717, 1.165) is 25.9 Å². The molecule has 0 aliphatic carbocycles. The van der Waals surface area contributed by atoms with E-state index in [1.165, 1.54) is 0 Å². The van der Waals surface area contributed by atoms with Gasteiger partial charge in [-0.1, -0.05) is 0 Å². The lowest BCUT2D eigenvalue weighted by Gasteiger charge is -2.26. The molecular formula is C7H12N2O. The molecule has 0 bridgehead atoms. The van der Waals surface area contributed by atoms with Crippen LogP contribution in [0.3, 0.4) is 0 Å². The first-order valence-corrected chi connectivity index (χ1v) is 3.78. The zero-order valence-electron chi connectivity index (χ0n) is 6.18. The largest absolute Gasteiger partial charge is 0.323 e. The van der Waals surface area contributed by atoms with Gasteiger partial charge >= 0.3 is 0 Å². The normalized spacial score (nSPS) is 38.9. The first kappa shape index (κ1) is 6.16. The number of hydrogen-bond acceptors (Lipinski definition) is 2. The number of nitrogens with one attached hydrogen (secondary N) is 1. The molecule has 2 aliphatic heterocycles. The van der Waals surface area contributed by atoms with Crippen molar-refractivity contribution in [2.75, 3.05) is 13.1 Å². The third kappa shape index (κ3) is 0.611.